The van der Waals surface area contributed by atoms with Crippen LogP contribution in [-0.4, -0.2) is 58.1 Å². The molecule has 5 rings (SSSR count). The lowest BCUT2D eigenvalue weighted by molar-refractivity contribution is -0.149. The number of rotatable bonds is 3. The van der Waals surface area contributed by atoms with Gasteiger partial charge in [-0.05, 0) is 61.4 Å². The van der Waals surface area contributed by atoms with E-state index in [1.807, 2.05) is 0 Å². The molecule has 2 bridgehead atoms. The Kier molecular flexibility index (Phi) is 4.89. The van der Waals surface area contributed by atoms with Crippen LogP contribution in [0.3, 0.4) is 0 Å². The second kappa shape index (κ2) is 7.30. The van der Waals surface area contributed by atoms with Gasteiger partial charge in [-0.25, -0.2) is 8.78 Å². The summed E-state index contributed by atoms with van der Waals surface area (Å²) in [6.07, 6.45) is 4.34. The van der Waals surface area contributed by atoms with Gasteiger partial charge in [0.2, 0.25) is 5.91 Å². The molecule has 0 unspecified atom stereocenters. The summed E-state index contributed by atoms with van der Waals surface area (Å²) in [6, 6.07) is 6.31. The van der Waals surface area contributed by atoms with E-state index in [2.05, 4.69) is 47.8 Å². The Morgan fingerprint density at radius 2 is 1.84 bits per heavy atom. The van der Waals surface area contributed by atoms with Gasteiger partial charge in [0, 0.05) is 25.2 Å². The summed E-state index contributed by atoms with van der Waals surface area (Å²) >= 11 is 0. The van der Waals surface area contributed by atoms with E-state index in [-0.39, 0.29) is 28.5 Å². The molecule has 4 atom stereocenters. The normalized spacial score (nSPS) is 31.4. The Morgan fingerprint density at radius 3 is 2.47 bits per heavy atom. The minimum atomic E-state index is -0.656. The van der Waals surface area contributed by atoms with Crippen LogP contribution in [0.5, 0.6) is 0 Å². The number of hydrogen-bond donors (Lipinski definition) is 0. The Bertz CT molecular complexity index is 1050. The lowest BCUT2D eigenvalue weighted by Crippen LogP contribution is -2.54. The van der Waals surface area contributed by atoms with Gasteiger partial charge in [-0.3, -0.25) is 9.69 Å². The van der Waals surface area contributed by atoms with Crippen LogP contribution in [0, 0.1) is 22.5 Å². The van der Waals surface area contributed by atoms with Crippen LogP contribution >= 0.6 is 0 Å². The highest BCUT2D eigenvalue weighted by molar-refractivity contribution is 5.85. The molecule has 3 heterocycles. The van der Waals surface area contributed by atoms with Crippen molar-refractivity contribution in [1.29, 1.82) is 0 Å². The molecule has 2 aliphatic heterocycles. The highest BCUT2D eigenvalue weighted by Gasteiger charge is 2.59. The number of piperazine rings is 1. The van der Waals surface area contributed by atoms with E-state index in [0.29, 0.717) is 12.1 Å². The third-order valence-electron chi connectivity index (χ3n) is 8.77. The molecule has 1 aromatic heterocycles. The molecule has 170 valence electrons. The van der Waals surface area contributed by atoms with Crippen LogP contribution in [0.1, 0.15) is 51.5 Å². The van der Waals surface area contributed by atoms with Crippen LogP contribution in [0.15, 0.2) is 30.5 Å². The van der Waals surface area contributed by atoms with Crippen molar-refractivity contribution >= 4 is 5.91 Å². The molecule has 0 radical (unpaired) electrons. The van der Waals surface area contributed by atoms with Crippen molar-refractivity contribution in [2.75, 3.05) is 20.1 Å². The molecule has 5 nitrogen and oxygen atoms in total. The molecular weight excluding hydrogens is 410 g/mol. The molecule has 1 aromatic carbocycles. The first kappa shape index (κ1) is 21.4. The first-order chi connectivity index (χ1) is 15.1. The van der Waals surface area contributed by atoms with Gasteiger partial charge in [-0.1, -0.05) is 26.8 Å². The van der Waals surface area contributed by atoms with Gasteiger partial charge in [0.05, 0.1) is 22.9 Å². The van der Waals surface area contributed by atoms with Crippen molar-refractivity contribution in [3.05, 3.63) is 47.7 Å². The largest absolute Gasteiger partial charge is 0.336 e. The van der Waals surface area contributed by atoms with Crippen molar-refractivity contribution in [2.45, 2.75) is 58.0 Å². The lowest BCUT2D eigenvalue weighted by atomic mass is 9.63. The Labute approximate surface area is 187 Å². The Balaban J connectivity index is 1.45. The van der Waals surface area contributed by atoms with Crippen molar-refractivity contribution in [1.82, 2.24) is 20.0 Å². The molecule has 32 heavy (non-hydrogen) atoms. The summed E-state index contributed by atoms with van der Waals surface area (Å²) in [6.45, 7) is 8.14. The molecule has 3 fully saturated rings. The molecular formula is C25H30F2N4O. The summed E-state index contributed by atoms with van der Waals surface area (Å²) in [7, 11) is 2.14. The van der Waals surface area contributed by atoms with Gasteiger partial charge < -0.3 is 4.90 Å². The SMILES string of the molecule is CN1C[C@@H]2C[C@H]1CN2C(=O)[C@@]1(C)CC[C@H](c2cnnc(-c3c(F)cccc3F)c2)C1(C)C. The smallest absolute Gasteiger partial charge is 0.229 e. The fourth-order valence-corrected chi connectivity index (χ4v) is 6.34. The number of aromatic nitrogens is 2. The predicted molar refractivity (Wildman–Crippen MR) is 118 cm³/mol. The number of fused-ring (bicyclic) bond motifs is 2. The number of amides is 1. The molecule has 1 saturated carbocycles. The van der Waals surface area contributed by atoms with Crippen LogP contribution < -0.4 is 0 Å². The quantitative estimate of drug-likeness (QED) is 0.716. The summed E-state index contributed by atoms with van der Waals surface area (Å²) in [4.78, 5) is 18.3. The Hall–Kier alpha value is -2.41. The average Bonchev–Trinajstić information content (AvgIpc) is 3.39. The van der Waals surface area contributed by atoms with Crippen LogP contribution in [0.25, 0.3) is 11.3 Å². The van der Waals surface area contributed by atoms with Crippen molar-refractivity contribution < 1.29 is 13.6 Å². The van der Waals surface area contributed by atoms with E-state index in [1.54, 1.807) is 12.3 Å². The van der Waals surface area contributed by atoms with Crippen molar-refractivity contribution in [3.8, 4) is 11.3 Å². The van der Waals surface area contributed by atoms with E-state index >= 15 is 0 Å². The Morgan fingerprint density at radius 1 is 1.12 bits per heavy atom. The topological polar surface area (TPSA) is 49.3 Å². The van der Waals surface area contributed by atoms with E-state index in [0.717, 1.165) is 37.9 Å². The van der Waals surface area contributed by atoms with E-state index in [4.69, 9.17) is 0 Å². The minimum Gasteiger partial charge on any atom is -0.336 e. The zero-order valence-electron chi connectivity index (χ0n) is 19.1. The molecule has 0 spiro atoms. The van der Waals surface area contributed by atoms with Gasteiger partial charge in [0.1, 0.15) is 11.6 Å². The van der Waals surface area contributed by atoms with Gasteiger partial charge in [0.25, 0.3) is 0 Å². The van der Waals surface area contributed by atoms with E-state index in [9.17, 15) is 13.6 Å². The standard InChI is InChI=1S/C25H30F2N4O/c1-24(2)18(15-10-21(29-28-12-15)22-19(26)6-5-7-20(22)27)8-9-25(24,3)23(32)31-14-16-11-17(31)13-30(16)4/h5-7,10,12,16-18H,8-9,11,13-14H2,1-4H3/t16-,17-,18+,25+/m0/s1. The first-order valence-electron chi connectivity index (χ1n) is 11.4. The number of benzene rings is 1. The predicted octanol–water partition coefficient (Wildman–Crippen LogP) is 4.25. The van der Waals surface area contributed by atoms with Crippen LogP contribution in [0.2, 0.25) is 0 Å². The highest BCUT2D eigenvalue weighted by Crippen LogP contribution is 2.61. The average molecular weight is 441 g/mol. The number of nitrogens with zero attached hydrogens (tertiary/aromatic N) is 4. The third-order valence-corrected chi connectivity index (χ3v) is 8.77. The second-order valence-electron chi connectivity index (χ2n) is 10.6. The fourth-order valence-electron chi connectivity index (χ4n) is 6.34. The van der Waals surface area contributed by atoms with Gasteiger partial charge in [-0.2, -0.15) is 10.2 Å². The first-order valence-corrected chi connectivity index (χ1v) is 11.4. The van der Waals surface area contributed by atoms with E-state index < -0.39 is 17.0 Å². The number of hydrogen-bond acceptors (Lipinski definition) is 4. The zero-order valence-corrected chi connectivity index (χ0v) is 19.1. The number of likely N-dealkylation sites (N-methyl/N-ethyl adjacent to an activating group) is 1. The van der Waals surface area contributed by atoms with E-state index in [1.165, 1.54) is 18.2 Å². The van der Waals surface area contributed by atoms with Gasteiger partial charge in [-0.15, -0.1) is 0 Å². The number of halogens is 2. The third kappa shape index (κ3) is 3.00. The molecule has 7 heteroatoms. The molecule has 2 saturated heterocycles. The van der Waals surface area contributed by atoms with Gasteiger partial charge >= 0.3 is 0 Å². The minimum absolute atomic E-state index is 0.0444. The molecule has 1 amide bonds. The van der Waals surface area contributed by atoms with Crippen LogP contribution in [0.4, 0.5) is 8.78 Å². The van der Waals surface area contributed by atoms with Crippen molar-refractivity contribution in [3.63, 3.8) is 0 Å². The monoisotopic (exact) mass is 440 g/mol. The summed E-state index contributed by atoms with van der Waals surface area (Å²) < 4.78 is 28.7. The lowest BCUT2D eigenvalue weighted by Gasteiger charge is -2.45. The summed E-state index contributed by atoms with van der Waals surface area (Å²) in [5.41, 5.74) is 0.0588. The fraction of sp³-hybridized carbons (Fsp3) is 0.560. The molecule has 0 N–H and O–H groups in total. The highest BCUT2D eigenvalue weighted by atomic mass is 19.1. The summed E-state index contributed by atoms with van der Waals surface area (Å²) in [5, 5.41) is 8.09. The molecule has 1 aliphatic carbocycles. The number of likely N-dealkylation sites (tertiary alicyclic amines) is 2. The zero-order chi connectivity index (χ0) is 22.8. The maximum Gasteiger partial charge on any atom is 0.229 e. The second-order valence-corrected chi connectivity index (χ2v) is 10.6. The maximum atomic E-state index is 14.3. The van der Waals surface area contributed by atoms with Gasteiger partial charge in [0.15, 0.2) is 0 Å². The summed E-state index contributed by atoms with van der Waals surface area (Å²) in [5.74, 6) is -1.02. The molecule has 2 aromatic rings. The number of carbonyl (C=O) groups is 1. The van der Waals surface area contributed by atoms with Crippen LogP contribution in [-0.2, 0) is 4.79 Å². The number of carbonyl (C=O) groups excluding carboxylic acids is 1. The maximum absolute atomic E-state index is 14.3. The van der Waals surface area contributed by atoms with Crippen molar-refractivity contribution in [2.24, 2.45) is 10.8 Å². The molecule has 3 aliphatic rings.